The third-order valence-electron chi connectivity index (χ3n) is 4.87. The van der Waals surface area contributed by atoms with Crippen LogP contribution in [-0.2, 0) is 5.72 Å². The van der Waals surface area contributed by atoms with Crippen LogP contribution in [0.15, 0.2) is 81.7 Å². The molecule has 2 amide bonds. The van der Waals surface area contributed by atoms with E-state index in [1.54, 1.807) is 4.90 Å². The maximum atomic E-state index is 13.4. The number of anilines is 2. The van der Waals surface area contributed by atoms with Gasteiger partial charge >= 0.3 is 6.03 Å². The average molecular weight is 502 g/mol. The van der Waals surface area contributed by atoms with Crippen molar-refractivity contribution < 1.29 is 9.90 Å². The number of aliphatic hydroxyl groups is 1. The molecule has 142 valence electrons. The van der Waals surface area contributed by atoms with Crippen LogP contribution in [0.3, 0.4) is 0 Å². The third-order valence-corrected chi connectivity index (χ3v) is 5.93. The lowest BCUT2D eigenvalue weighted by molar-refractivity contribution is 0.0655. The molecule has 28 heavy (non-hydrogen) atoms. The number of nitrogens with zero attached hydrogens (tertiary/aromatic N) is 2. The van der Waals surface area contributed by atoms with Crippen molar-refractivity contribution in [2.45, 2.75) is 12.6 Å². The van der Waals surface area contributed by atoms with Crippen molar-refractivity contribution in [2.24, 2.45) is 0 Å². The maximum absolute atomic E-state index is 13.4. The fraction of sp³-hybridized carbons (Fsp3) is 0.136. The van der Waals surface area contributed by atoms with E-state index in [0.717, 1.165) is 20.2 Å². The fourth-order valence-electron chi connectivity index (χ4n) is 3.49. The zero-order valence-corrected chi connectivity index (χ0v) is 18.3. The summed E-state index contributed by atoms with van der Waals surface area (Å²) in [6.07, 6.45) is 0. The van der Waals surface area contributed by atoms with E-state index in [0.29, 0.717) is 11.3 Å². The number of carbonyl (C=O) groups is 1. The molecule has 1 atom stereocenters. The molecule has 1 unspecified atom stereocenters. The predicted octanol–water partition coefficient (Wildman–Crippen LogP) is 5.81. The van der Waals surface area contributed by atoms with Gasteiger partial charge in [0.2, 0.25) is 0 Å². The Morgan fingerprint density at radius 2 is 1.46 bits per heavy atom. The van der Waals surface area contributed by atoms with Crippen LogP contribution in [0.2, 0.25) is 0 Å². The molecule has 3 aromatic rings. The molecule has 0 aliphatic carbocycles. The van der Waals surface area contributed by atoms with Gasteiger partial charge in [0.1, 0.15) is 0 Å². The largest absolute Gasteiger partial charge is 0.365 e. The molecule has 6 heteroatoms. The molecule has 1 heterocycles. The molecular weight excluding hydrogens is 484 g/mol. The molecule has 0 aromatic heterocycles. The molecule has 1 aliphatic heterocycles. The number of halogens is 2. The van der Waals surface area contributed by atoms with E-state index in [9.17, 15) is 9.90 Å². The highest BCUT2D eigenvalue weighted by atomic mass is 79.9. The number of rotatable bonds is 3. The number of β-amino-alcohol motifs (C(OH)–C–C–N with tert-alkyl or cyclic N) is 1. The SMILES string of the molecule is Cc1cccc(C2(O)CN(c3ccc(Br)cc3)C(=O)N2c2ccc(Br)cc2)c1. The number of carbonyl (C=O) groups excluding carboxylic acids is 1. The van der Waals surface area contributed by atoms with Crippen LogP contribution >= 0.6 is 31.9 Å². The first-order valence-corrected chi connectivity index (χ1v) is 10.4. The molecule has 0 radical (unpaired) electrons. The lowest BCUT2D eigenvalue weighted by Gasteiger charge is -2.32. The second kappa shape index (κ2) is 7.35. The van der Waals surface area contributed by atoms with Crippen molar-refractivity contribution >= 4 is 49.3 Å². The molecule has 1 aliphatic rings. The summed E-state index contributed by atoms with van der Waals surface area (Å²) in [5.41, 5.74) is 1.60. The van der Waals surface area contributed by atoms with Crippen molar-refractivity contribution in [3.63, 3.8) is 0 Å². The first-order chi connectivity index (χ1) is 13.4. The summed E-state index contributed by atoms with van der Waals surface area (Å²) < 4.78 is 1.84. The minimum Gasteiger partial charge on any atom is -0.365 e. The smallest absolute Gasteiger partial charge is 0.331 e. The van der Waals surface area contributed by atoms with Crippen LogP contribution < -0.4 is 9.80 Å². The highest BCUT2D eigenvalue weighted by Crippen LogP contribution is 2.40. The first kappa shape index (κ1) is 19.2. The van der Waals surface area contributed by atoms with Crippen LogP contribution in [-0.4, -0.2) is 17.7 Å². The molecule has 3 aromatic carbocycles. The molecule has 4 rings (SSSR count). The van der Waals surface area contributed by atoms with E-state index in [2.05, 4.69) is 31.9 Å². The first-order valence-electron chi connectivity index (χ1n) is 8.81. The van der Waals surface area contributed by atoms with Crippen LogP contribution in [0.4, 0.5) is 16.2 Å². The molecule has 0 bridgehead atoms. The Bertz CT molecular complexity index is 1020. The lowest BCUT2D eigenvalue weighted by Crippen LogP contribution is -2.44. The molecular formula is C22H18Br2N2O2. The van der Waals surface area contributed by atoms with Crippen LogP contribution in [0.25, 0.3) is 0 Å². The monoisotopic (exact) mass is 500 g/mol. The Kier molecular flexibility index (Phi) is 5.04. The predicted molar refractivity (Wildman–Crippen MR) is 119 cm³/mol. The molecule has 1 N–H and O–H groups in total. The van der Waals surface area contributed by atoms with Crippen molar-refractivity contribution in [3.8, 4) is 0 Å². The van der Waals surface area contributed by atoms with E-state index in [4.69, 9.17) is 0 Å². The Labute approximate surface area is 180 Å². The maximum Gasteiger partial charge on any atom is 0.331 e. The van der Waals surface area contributed by atoms with Gasteiger partial charge in [0.05, 0.1) is 6.54 Å². The standard InChI is InChI=1S/C22H18Br2N2O2/c1-15-3-2-4-16(13-15)22(28)14-25(19-9-5-17(23)6-10-19)21(27)26(22)20-11-7-18(24)8-12-20/h2-13,28H,14H2,1H3. The van der Waals surface area contributed by atoms with Crippen LogP contribution in [0.5, 0.6) is 0 Å². The summed E-state index contributed by atoms with van der Waals surface area (Å²) in [5.74, 6) is 0. The lowest BCUT2D eigenvalue weighted by atomic mass is 9.99. The van der Waals surface area contributed by atoms with Gasteiger partial charge in [0.15, 0.2) is 5.72 Å². The number of hydrogen-bond acceptors (Lipinski definition) is 2. The quantitative estimate of drug-likeness (QED) is 0.492. The minimum absolute atomic E-state index is 0.132. The Morgan fingerprint density at radius 1 is 0.893 bits per heavy atom. The highest BCUT2D eigenvalue weighted by molar-refractivity contribution is 9.10. The Morgan fingerprint density at radius 3 is 2.04 bits per heavy atom. The van der Waals surface area contributed by atoms with Gasteiger partial charge in [-0.3, -0.25) is 9.80 Å². The number of benzene rings is 3. The normalized spacial score (nSPS) is 19.4. The van der Waals surface area contributed by atoms with Gasteiger partial charge in [-0.1, -0.05) is 61.7 Å². The molecule has 0 spiro atoms. The highest BCUT2D eigenvalue weighted by Gasteiger charge is 2.51. The Hall–Kier alpha value is -2.15. The van der Waals surface area contributed by atoms with E-state index >= 15 is 0 Å². The molecule has 4 nitrogen and oxygen atoms in total. The number of hydrogen-bond donors (Lipinski definition) is 1. The van der Waals surface area contributed by atoms with Gasteiger partial charge in [-0.2, -0.15) is 0 Å². The minimum atomic E-state index is -1.48. The van der Waals surface area contributed by atoms with Gasteiger partial charge in [-0.05, 0) is 55.5 Å². The average Bonchev–Trinajstić information content (AvgIpc) is 2.95. The summed E-state index contributed by atoms with van der Waals surface area (Å²) in [4.78, 5) is 16.5. The topological polar surface area (TPSA) is 43.8 Å². The van der Waals surface area contributed by atoms with Gasteiger partial charge in [-0.15, -0.1) is 0 Å². The van der Waals surface area contributed by atoms with Gasteiger partial charge in [-0.25, -0.2) is 4.79 Å². The number of amides is 2. The van der Waals surface area contributed by atoms with Crippen LogP contribution in [0, 0.1) is 6.92 Å². The molecule has 1 fully saturated rings. The molecule has 0 saturated carbocycles. The number of urea groups is 1. The zero-order chi connectivity index (χ0) is 19.9. The number of aryl methyl sites for hydroxylation is 1. The van der Waals surface area contributed by atoms with Crippen molar-refractivity contribution in [1.29, 1.82) is 0 Å². The zero-order valence-electron chi connectivity index (χ0n) is 15.1. The van der Waals surface area contributed by atoms with E-state index in [1.165, 1.54) is 4.90 Å². The van der Waals surface area contributed by atoms with Gasteiger partial charge < -0.3 is 5.11 Å². The van der Waals surface area contributed by atoms with Crippen LogP contribution in [0.1, 0.15) is 11.1 Å². The molecule has 1 saturated heterocycles. The van der Waals surface area contributed by atoms with E-state index in [-0.39, 0.29) is 12.6 Å². The third kappa shape index (κ3) is 3.36. The summed E-state index contributed by atoms with van der Waals surface area (Å²) in [6, 6.07) is 22.3. The van der Waals surface area contributed by atoms with Gasteiger partial charge in [0, 0.05) is 25.9 Å². The summed E-state index contributed by atoms with van der Waals surface area (Å²) in [7, 11) is 0. The van der Waals surface area contributed by atoms with Crippen molar-refractivity contribution in [3.05, 3.63) is 92.9 Å². The Balaban J connectivity index is 1.84. The van der Waals surface area contributed by atoms with E-state index < -0.39 is 5.72 Å². The summed E-state index contributed by atoms with van der Waals surface area (Å²) >= 11 is 6.85. The summed E-state index contributed by atoms with van der Waals surface area (Å²) in [5, 5.41) is 11.8. The van der Waals surface area contributed by atoms with Crippen molar-refractivity contribution in [1.82, 2.24) is 0 Å². The fourth-order valence-corrected chi connectivity index (χ4v) is 4.02. The second-order valence-corrected chi connectivity index (χ2v) is 8.67. The summed E-state index contributed by atoms with van der Waals surface area (Å²) in [6.45, 7) is 2.10. The van der Waals surface area contributed by atoms with Gasteiger partial charge in [0.25, 0.3) is 0 Å². The van der Waals surface area contributed by atoms with Crippen molar-refractivity contribution in [2.75, 3.05) is 16.3 Å². The second-order valence-electron chi connectivity index (χ2n) is 6.84. The van der Waals surface area contributed by atoms with E-state index in [1.807, 2.05) is 79.7 Å².